The number of methoxy groups -OCH3 is 1. The molecular weight excluding hydrogens is 308 g/mol. The molecule has 7 heteroatoms. The second-order valence-corrected chi connectivity index (χ2v) is 5.83. The van der Waals surface area contributed by atoms with Gasteiger partial charge in [0, 0.05) is 26.4 Å². The number of carbonyl (C=O) groups excluding carboxylic acids is 1. The van der Waals surface area contributed by atoms with Crippen LogP contribution in [0, 0.1) is 0 Å². The molecule has 0 radical (unpaired) electrons. The van der Waals surface area contributed by atoms with Crippen molar-refractivity contribution in [3.05, 3.63) is 53.6 Å². The molecule has 128 valence electrons. The number of fused-ring (bicyclic) bond motifs is 1. The predicted octanol–water partition coefficient (Wildman–Crippen LogP) is 1.29. The summed E-state index contributed by atoms with van der Waals surface area (Å²) in [7, 11) is 1.65. The number of aromatic nitrogens is 2. The fraction of sp³-hybridized carbons (Fsp3) is 0.412. The molecule has 0 aliphatic carbocycles. The third kappa shape index (κ3) is 3.58. The van der Waals surface area contributed by atoms with E-state index < -0.39 is 6.10 Å². The lowest BCUT2D eigenvalue weighted by Crippen LogP contribution is -2.44. The maximum atomic E-state index is 12.4. The number of rotatable bonds is 5. The van der Waals surface area contributed by atoms with E-state index in [4.69, 9.17) is 4.74 Å². The number of aliphatic hydroxyl groups is 1. The highest BCUT2D eigenvalue weighted by atomic mass is 16.5. The number of hydrogen-bond acceptors (Lipinski definition) is 4. The van der Waals surface area contributed by atoms with Crippen molar-refractivity contribution in [3.8, 4) is 0 Å². The molecule has 3 rings (SSSR count). The van der Waals surface area contributed by atoms with Crippen LogP contribution in [0.1, 0.15) is 22.9 Å². The van der Waals surface area contributed by atoms with Gasteiger partial charge in [0.05, 0.1) is 37.8 Å². The molecule has 1 aromatic heterocycles. The van der Waals surface area contributed by atoms with E-state index in [1.165, 1.54) is 0 Å². The van der Waals surface area contributed by atoms with Crippen molar-refractivity contribution in [3.63, 3.8) is 0 Å². The minimum absolute atomic E-state index is 0.192. The van der Waals surface area contributed by atoms with Crippen LogP contribution in [0.15, 0.2) is 36.8 Å². The Morgan fingerprint density at radius 1 is 1.46 bits per heavy atom. The molecule has 1 atom stereocenters. The Balaban J connectivity index is 1.59. The van der Waals surface area contributed by atoms with E-state index in [0.29, 0.717) is 32.8 Å². The van der Waals surface area contributed by atoms with Crippen LogP contribution in [-0.4, -0.2) is 45.9 Å². The Morgan fingerprint density at radius 3 is 3.12 bits per heavy atom. The van der Waals surface area contributed by atoms with Gasteiger partial charge in [0.25, 0.3) is 0 Å². The van der Waals surface area contributed by atoms with Gasteiger partial charge < -0.3 is 24.6 Å². The van der Waals surface area contributed by atoms with E-state index in [-0.39, 0.29) is 6.03 Å². The van der Waals surface area contributed by atoms with Crippen molar-refractivity contribution in [2.24, 2.45) is 0 Å². The zero-order chi connectivity index (χ0) is 16.9. The largest absolute Gasteiger partial charge is 0.387 e. The third-order valence-corrected chi connectivity index (χ3v) is 4.21. The second-order valence-electron chi connectivity index (χ2n) is 5.83. The summed E-state index contributed by atoms with van der Waals surface area (Å²) in [4.78, 5) is 18.2. The van der Waals surface area contributed by atoms with Gasteiger partial charge in [0.2, 0.25) is 0 Å². The van der Waals surface area contributed by atoms with Crippen LogP contribution in [0.2, 0.25) is 0 Å². The highest BCUT2D eigenvalue weighted by Crippen LogP contribution is 2.26. The molecule has 0 spiro atoms. The summed E-state index contributed by atoms with van der Waals surface area (Å²) < 4.78 is 7.01. The number of nitrogens with one attached hydrogen (secondary N) is 1. The molecule has 2 amide bonds. The first-order valence-electron chi connectivity index (χ1n) is 7.95. The van der Waals surface area contributed by atoms with Crippen LogP contribution in [0.25, 0.3) is 0 Å². The molecule has 2 heterocycles. The standard InChI is InChI=1S/C17H22N4O3/c1-24-7-6-20-12-18-8-14(20)9-19-17(23)21-10-13-4-2-3-5-15(13)16(22)11-21/h2-5,8,12,16,22H,6-7,9-11H2,1H3,(H,19,23). The number of carbonyl (C=O) groups is 1. The Morgan fingerprint density at radius 2 is 2.29 bits per heavy atom. The van der Waals surface area contributed by atoms with Gasteiger partial charge in [0.15, 0.2) is 0 Å². The van der Waals surface area contributed by atoms with E-state index in [9.17, 15) is 9.90 Å². The molecule has 0 saturated carbocycles. The van der Waals surface area contributed by atoms with Crippen molar-refractivity contribution in [1.29, 1.82) is 0 Å². The normalized spacial score (nSPS) is 16.8. The fourth-order valence-corrected chi connectivity index (χ4v) is 2.90. The van der Waals surface area contributed by atoms with E-state index in [0.717, 1.165) is 16.8 Å². The van der Waals surface area contributed by atoms with E-state index in [1.54, 1.807) is 24.5 Å². The third-order valence-electron chi connectivity index (χ3n) is 4.21. The molecule has 0 bridgehead atoms. The van der Waals surface area contributed by atoms with Gasteiger partial charge in [-0.3, -0.25) is 0 Å². The minimum Gasteiger partial charge on any atom is -0.387 e. The zero-order valence-corrected chi connectivity index (χ0v) is 13.7. The fourth-order valence-electron chi connectivity index (χ4n) is 2.90. The Bertz CT molecular complexity index is 701. The highest BCUT2D eigenvalue weighted by Gasteiger charge is 2.26. The molecule has 1 aromatic carbocycles. The quantitative estimate of drug-likeness (QED) is 0.866. The molecule has 24 heavy (non-hydrogen) atoms. The number of amides is 2. The van der Waals surface area contributed by atoms with Crippen LogP contribution in [0.3, 0.4) is 0 Å². The van der Waals surface area contributed by atoms with Crippen molar-refractivity contribution in [1.82, 2.24) is 19.8 Å². The predicted molar refractivity (Wildman–Crippen MR) is 88.2 cm³/mol. The Kier molecular flexibility index (Phi) is 5.12. The summed E-state index contributed by atoms with van der Waals surface area (Å²) >= 11 is 0. The molecule has 0 fully saturated rings. The lowest BCUT2D eigenvalue weighted by molar-refractivity contribution is 0.104. The molecule has 7 nitrogen and oxygen atoms in total. The van der Waals surface area contributed by atoms with Gasteiger partial charge in [-0.2, -0.15) is 0 Å². The first-order valence-corrected chi connectivity index (χ1v) is 7.95. The number of nitrogens with zero attached hydrogens (tertiary/aromatic N) is 3. The first kappa shape index (κ1) is 16.5. The molecule has 1 unspecified atom stereocenters. The maximum Gasteiger partial charge on any atom is 0.318 e. The molecule has 2 N–H and O–H groups in total. The van der Waals surface area contributed by atoms with Gasteiger partial charge in [-0.15, -0.1) is 0 Å². The van der Waals surface area contributed by atoms with Crippen LogP contribution in [0.5, 0.6) is 0 Å². The van der Waals surface area contributed by atoms with Crippen molar-refractivity contribution in [2.45, 2.75) is 25.7 Å². The van der Waals surface area contributed by atoms with Crippen molar-refractivity contribution in [2.75, 3.05) is 20.3 Å². The van der Waals surface area contributed by atoms with E-state index in [2.05, 4.69) is 10.3 Å². The number of urea groups is 1. The molecule has 1 aliphatic rings. The summed E-state index contributed by atoms with van der Waals surface area (Å²) in [5.74, 6) is 0. The summed E-state index contributed by atoms with van der Waals surface area (Å²) in [5, 5.41) is 13.1. The number of hydrogen-bond donors (Lipinski definition) is 2. The monoisotopic (exact) mass is 330 g/mol. The first-order chi connectivity index (χ1) is 11.7. The van der Waals surface area contributed by atoms with Gasteiger partial charge in [-0.25, -0.2) is 9.78 Å². The topological polar surface area (TPSA) is 79.6 Å². The maximum absolute atomic E-state index is 12.4. The molecule has 1 aliphatic heterocycles. The number of benzene rings is 1. The van der Waals surface area contributed by atoms with Gasteiger partial charge in [-0.05, 0) is 11.1 Å². The van der Waals surface area contributed by atoms with Crippen LogP contribution < -0.4 is 5.32 Å². The van der Waals surface area contributed by atoms with Crippen LogP contribution in [0.4, 0.5) is 4.79 Å². The van der Waals surface area contributed by atoms with Gasteiger partial charge in [-0.1, -0.05) is 24.3 Å². The summed E-state index contributed by atoms with van der Waals surface area (Å²) in [6.45, 7) is 2.47. The molecular formula is C17H22N4O3. The average molecular weight is 330 g/mol. The van der Waals surface area contributed by atoms with Gasteiger partial charge in [0.1, 0.15) is 0 Å². The summed E-state index contributed by atoms with van der Waals surface area (Å²) in [6.07, 6.45) is 2.81. The molecule has 0 saturated heterocycles. The zero-order valence-electron chi connectivity index (χ0n) is 13.7. The van der Waals surface area contributed by atoms with Crippen LogP contribution >= 0.6 is 0 Å². The smallest absolute Gasteiger partial charge is 0.318 e. The SMILES string of the molecule is COCCn1cncc1CNC(=O)N1Cc2ccccc2C(O)C1. The Hall–Kier alpha value is -2.38. The number of aliphatic hydroxyl groups excluding tert-OH is 1. The highest BCUT2D eigenvalue weighted by molar-refractivity contribution is 5.74. The number of ether oxygens (including phenoxy) is 1. The Labute approximate surface area is 140 Å². The van der Waals surface area contributed by atoms with Crippen molar-refractivity contribution >= 4 is 6.03 Å². The van der Waals surface area contributed by atoms with E-state index in [1.807, 2.05) is 28.8 Å². The average Bonchev–Trinajstić information content (AvgIpc) is 3.05. The second kappa shape index (κ2) is 7.46. The van der Waals surface area contributed by atoms with Crippen LogP contribution in [-0.2, 0) is 24.4 Å². The lowest BCUT2D eigenvalue weighted by atomic mass is 9.98. The molecule has 2 aromatic rings. The number of imidazole rings is 1. The van der Waals surface area contributed by atoms with Crippen molar-refractivity contribution < 1.29 is 14.6 Å². The minimum atomic E-state index is -0.645. The summed E-state index contributed by atoms with van der Waals surface area (Å²) in [6, 6.07) is 7.48. The lowest BCUT2D eigenvalue weighted by Gasteiger charge is -2.32. The number of β-amino-alcohol motifs (C(OH)–C–C–N with tert-alkyl or cyclic N) is 1. The summed E-state index contributed by atoms with van der Waals surface area (Å²) in [5.41, 5.74) is 2.80. The van der Waals surface area contributed by atoms with Gasteiger partial charge >= 0.3 is 6.03 Å². The van der Waals surface area contributed by atoms with E-state index >= 15 is 0 Å².